The fourth-order valence-corrected chi connectivity index (χ4v) is 1.71. The molecule has 0 spiro atoms. The molecule has 0 aliphatic heterocycles. The number of aliphatic hydroxyl groups is 1. The first-order chi connectivity index (χ1) is 8.45. The normalized spacial score (nSPS) is 11.8. The second kappa shape index (κ2) is 6.46. The smallest absolute Gasteiger partial charge is 0.336 e. The molecule has 1 aromatic rings. The highest BCUT2D eigenvalue weighted by molar-refractivity contribution is 9.10. The number of carbonyl (C=O) groups excluding carboxylic acids is 2. The number of nitrogens with one attached hydrogen (secondary N) is 1. The number of benzene rings is 1. The molecule has 1 amide bonds. The van der Waals surface area contributed by atoms with Crippen LogP contribution in [0.5, 0.6) is 0 Å². The standard InChI is InChI=1S/C11H11BrFNO4/c1-18-11(17)9(15)5-14-10(16)7-3-2-6(13)4-8(7)12/h2-4,9,15H,5H2,1H3,(H,14,16). The molecule has 0 bridgehead atoms. The molecule has 1 aromatic carbocycles. The summed E-state index contributed by atoms with van der Waals surface area (Å²) >= 11 is 3.04. The van der Waals surface area contributed by atoms with Gasteiger partial charge in [0.15, 0.2) is 6.10 Å². The van der Waals surface area contributed by atoms with Gasteiger partial charge >= 0.3 is 5.97 Å². The SMILES string of the molecule is COC(=O)C(O)CNC(=O)c1ccc(F)cc1Br. The van der Waals surface area contributed by atoms with Crippen LogP contribution < -0.4 is 5.32 Å². The van der Waals surface area contributed by atoms with Crippen LogP contribution >= 0.6 is 15.9 Å². The van der Waals surface area contributed by atoms with Gasteiger partial charge in [-0.15, -0.1) is 0 Å². The Kier molecular flexibility index (Phi) is 5.24. The Balaban J connectivity index is 2.63. The van der Waals surface area contributed by atoms with Gasteiger partial charge in [0.2, 0.25) is 0 Å². The van der Waals surface area contributed by atoms with Crippen LogP contribution in [0.15, 0.2) is 22.7 Å². The van der Waals surface area contributed by atoms with Gasteiger partial charge in [0.25, 0.3) is 5.91 Å². The molecule has 0 aromatic heterocycles. The van der Waals surface area contributed by atoms with E-state index in [4.69, 9.17) is 0 Å². The van der Waals surface area contributed by atoms with E-state index in [0.717, 1.165) is 19.2 Å². The van der Waals surface area contributed by atoms with Crippen molar-refractivity contribution < 1.29 is 23.8 Å². The molecular weight excluding hydrogens is 309 g/mol. The average Bonchev–Trinajstić information content (AvgIpc) is 2.34. The first kappa shape index (κ1) is 14.6. The lowest BCUT2D eigenvalue weighted by atomic mass is 10.2. The molecule has 0 saturated carbocycles. The minimum Gasteiger partial charge on any atom is -0.467 e. The lowest BCUT2D eigenvalue weighted by Crippen LogP contribution is -2.37. The fraction of sp³-hybridized carbons (Fsp3) is 0.273. The van der Waals surface area contributed by atoms with E-state index < -0.39 is 23.8 Å². The number of amides is 1. The van der Waals surface area contributed by atoms with Gasteiger partial charge in [0, 0.05) is 4.47 Å². The fourth-order valence-electron chi connectivity index (χ4n) is 1.18. The summed E-state index contributed by atoms with van der Waals surface area (Å²) < 4.78 is 17.4. The van der Waals surface area contributed by atoms with Crippen molar-refractivity contribution in [2.24, 2.45) is 0 Å². The van der Waals surface area contributed by atoms with Gasteiger partial charge in [-0.1, -0.05) is 0 Å². The van der Waals surface area contributed by atoms with Crippen molar-refractivity contribution in [2.75, 3.05) is 13.7 Å². The molecule has 0 fully saturated rings. The summed E-state index contributed by atoms with van der Waals surface area (Å²) in [6.07, 6.45) is -1.43. The molecule has 98 valence electrons. The van der Waals surface area contributed by atoms with Crippen molar-refractivity contribution in [3.05, 3.63) is 34.1 Å². The molecule has 7 heteroatoms. The van der Waals surface area contributed by atoms with E-state index in [-0.39, 0.29) is 16.6 Å². The lowest BCUT2D eigenvalue weighted by Gasteiger charge is -2.10. The van der Waals surface area contributed by atoms with Gasteiger partial charge in [-0.05, 0) is 34.1 Å². The zero-order valence-corrected chi connectivity index (χ0v) is 11.0. The first-order valence-corrected chi connectivity index (χ1v) is 5.74. The Morgan fingerprint density at radius 2 is 2.22 bits per heavy atom. The van der Waals surface area contributed by atoms with Crippen LogP contribution in [-0.4, -0.2) is 36.7 Å². The second-order valence-electron chi connectivity index (χ2n) is 3.37. The number of esters is 1. The van der Waals surface area contributed by atoms with E-state index in [1.165, 1.54) is 6.07 Å². The highest BCUT2D eigenvalue weighted by atomic mass is 79.9. The highest BCUT2D eigenvalue weighted by Crippen LogP contribution is 2.17. The van der Waals surface area contributed by atoms with E-state index in [0.29, 0.717) is 0 Å². The number of ether oxygens (including phenoxy) is 1. The Labute approximate surface area is 111 Å². The number of halogens is 2. The van der Waals surface area contributed by atoms with Crippen LogP contribution in [-0.2, 0) is 9.53 Å². The van der Waals surface area contributed by atoms with Gasteiger partial charge in [0.1, 0.15) is 5.82 Å². The summed E-state index contributed by atoms with van der Waals surface area (Å²) in [5.41, 5.74) is 0.202. The molecule has 0 heterocycles. The Morgan fingerprint density at radius 1 is 1.56 bits per heavy atom. The van der Waals surface area contributed by atoms with Crippen molar-refractivity contribution >= 4 is 27.8 Å². The summed E-state index contributed by atoms with van der Waals surface area (Å²) in [6, 6.07) is 3.57. The second-order valence-corrected chi connectivity index (χ2v) is 4.23. The molecule has 18 heavy (non-hydrogen) atoms. The number of hydrogen-bond acceptors (Lipinski definition) is 4. The number of hydrogen-bond donors (Lipinski definition) is 2. The summed E-state index contributed by atoms with van der Waals surface area (Å²) in [6.45, 7) is -0.282. The molecule has 0 radical (unpaired) electrons. The minimum atomic E-state index is -1.43. The molecule has 0 aliphatic carbocycles. The van der Waals surface area contributed by atoms with Crippen molar-refractivity contribution in [1.29, 1.82) is 0 Å². The number of rotatable bonds is 4. The van der Waals surface area contributed by atoms with Crippen LogP contribution in [0.3, 0.4) is 0 Å². The summed E-state index contributed by atoms with van der Waals surface area (Å²) in [5.74, 6) is -1.86. The van der Waals surface area contributed by atoms with E-state index in [9.17, 15) is 19.1 Å². The van der Waals surface area contributed by atoms with Crippen LogP contribution in [0, 0.1) is 5.82 Å². The van der Waals surface area contributed by atoms with Crippen molar-refractivity contribution in [3.63, 3.8) is 0 Å². The van der Waals surface area contributed by atoms with E-state index in [2.05, 4.69) is 26.0 Å². The van der Waals surface area contributed by atoms with Crippen molar-refractivity contribution in [1.82, 2.24) is 5.32 Å². The molecular formula is C11H11BrFNO4. The molecule has 0 saturated heterocycles. The lowest BCUT2D eigenvalue weighted by molar-refractivity contribution is -0.149. The predicted octanol–water partition coefficient (Wildman–Crippen LogP) is 0.852. The summed E-state index contributed by atoms with van der Waals surface area (Å²) in [7, 11) is 1.13. The van der Waals surface area contributed by atoms with Crippen LogP contribution in [0.2, 0.25) is 0 Å². The maximum atomic E-state index is 12.8. The van der Waals surface area contributed by atoms with Crippen molar-refractivity contribution in [2.45, 2.75) is 6.10 Å². The van der Waals surface area contributed by atoms with Gasteiger partial charge in [-0.3, -0.25) is 4.79 Å². The van der Waals surface area contributed by atoms with Gasteiger partial charge in [0.05, 0.1) is 19.2 Å². The number of methoxy groups -OCH3 is 1. The topological polar surface area (TPSA) is 75.6 Å². The third-order valence-electron chi connectivity index (χ3n) is 2.10. The zero-order valence-electron chi connectivity index (χ0n) is 9.44. The van der Waals surface area contributed by atoms with Gasteiger partial charge in [-0.25, -0.2) is 9.18 Å². The van der Waals surface area contributed by atoms with E-state index in [1.54, 1.807) is 0 Å². The average molecular weight is 320 g/mol. The van der Waals surface area contributed by atoms with E-state index in [1.807, 2.05) is 0 Å². The van der Waals surface area contributed by atoms with Crippen LogP contribution in [0.1, 0.15) is 10.4 Å². The first-order valence-electron chi connectivity index (χ1n) is 4.95. The van der Waals surface area contributed by atoms with Gasteiger partial charge < -0.3 is 15.2 Å². The molecule has 5 nitrogen and oxygen atoms in total. The Bertz CT molecular complexity index is 466. The highest BCUT2D eigenvalue weighted by Gasteiger charge is 2.17. The predicted molar refractivity (Wildman–Crippen MR) is 64.5 cm³/mol. The summed E-state index contributed by atoms with van der Waals surface area (Å²) in [5, 5.41) is 11.6. The maximum absolute atomic E-state index is 12.8. The van der Waals surface area contributed by atoms with Crippen LogP contribution in [0.4, 0.5) is 4.39 Å². The Morgan fingerprint density at radius 3 is 2.78 bits per heavy atom. The third-order valence-corrected chi connectivity index (χ3v) is 2.76. The molecule has 0 aliphatic rings. The third kappa shape index (κ3) is 3.78. The summed E-state index contributed by atoms with van der Waals surface area (Å²) in [4.78, 5) is 22.6. The largest absolute Gasteiger partial charge is 0.467 e. The van der Waals surface area contributed by atoms with E-state index >= 15 is 0 Å². The number of aliphatic hydroxyl groups excluding tert-OH is 1. The van der Waals surface area contributed by atoms with Gasteiger partial charge in [-0.2, -0.15) is 0 Å². The van der Waals surface area contributed by atoms with Crippen LogP contribution in [0.25, 0.3) is 0 Å². The number of carbonyl (C=O) groups is 2. The molecule has 1 unspecified atom stereocenters. The molecule has 1 atom stereocenters. The quantitative estimate of drug-likeness (QED) is 0.807. The Hall–Kier alpha value is -1.47. The maximum Gasteiger partial charge on any atom is 0.336 e. The molecule has 2 N–H and O–H groups in total. The molecule has 1 rings (SSSR count). The zero-order chi connectivity index (χ0) is 13.7. The van der Waals surface area contributed by atoms with Crippen molar-refractivity contribution in [3.8, 4) is 0 Å². The monoisotopic (exact) mass is 319 g/mol. The minimum absolute atomic E-state index is 0.202.